The van der Waals surface area contributed by atoms with E-state index in [9.17, 15) is 4.79 Å². The Morgan fingerprint density at radius 1 is 1.00 bits per heavy atom. The van der Waals surface area contributed by atoms with E-state index in [0.717, 1.165) is 65.3 Å². The monoisotopic (exact) mass is 405 g/mol. The number of rotatable bonds is 4. The lowest BCUT2D eigenvalue weighted by atomic mass is 10.0. The zero-order valence-electron chi connectivity index (χ0n) is 16.5. The van der Waals surface area contributed by atoms with Crippen molar-refractivity contribution >= 4 is 22.6 Å². The molecular weight excluding hydrogens is 382 g/mol. The minimum Gasteiger partial charge on any atom is -0.454 e. The van der Waals surface area contributed by atoms with Crippen molar-refractivity contribution in [2.75, 3.05) is 31.9 Å². The standard InChI is InChI=1S/C23H23N3O4/c27-23(25-12-15-5-7-28-8-6-15)26-19-2-3-20-17(10-19)9-18(13-24-20)16-1-4-21-22(11-16)30-14-29-21/h1-4,9-11,13,15H,5-8,12,14H2,(H2,25,26,27). The van der Waals surface area contributed by atoms with Crippen molar-refractivity contribution in [1.82, 2.24) is 10.3 Å². The van der Waals surface area contributed by atoms with Crippen LogP contribution in [0.2, 0.25) is 0 Å². The lowest BCUT2D eigenvalue weighted by Crippen LogP contribution is -2.35. The van der Waals surface area contributed by atoms with Gasteiger partial charge in [-0.1, -0.05) is 6.07 Å². The highest BCUT2D eigenvalue weighted by Gasteiger charge is 2.16. The number of ether oxygens (including phenoxy) is 3. The van der Waals surface area contributed by atoms with Crippen LogP contribution >= 0.6 is 0 Å². The number of benzene rings is 2. The molecule has 0 spiro atoms. The summed E-state index contributed by atoms with van der Waals surface area (Å²) in [5, 5.41) is 6.84. The summed E-state index contributed by atoms with van der Waals surface area (Å²) >= 11 is 0. The van der Waals surface area contributed by atoms with Gasteiger partial charge in [-0.3, -0.25) is 4.98 Å². The van der Waals surface area contributed by atoms with Crippen molar-refractivity contribution < 1.29 is 19.0 Å². The van der Waals surface area contributed by atoms with Crippen molar-refractivity contribution in [3.8, 4) is 22.6 Å². The molecule has 0 aliphatic carbocycles. The number of carbonyl (C=O) groups is 1. The molecule has 0 radical (unpaired) electrons. The van der Waals surface area contributed by atoms with Gasteiger partial charge in [0.1, 0.15) is 0 Å². The molecule has 2 amide bonds. The second kappa shape index (κ2) is 8.20. The molecule has 0 saturated carbocycles. The lowest BCUT2D eigenvalue weighted by Gasteiger charge is -2.22. The van der Waals surface area contributed by atoms with Gasteiger partial charge in [0.2, 0.25) is 6.79 Å². The van der Waals surface area contributed by atoms with E-state index in [1.807, 2.05) is 42.6 Å². The fourth-order valence-corrected chi connectivity index (χ4v) is 3.81. The molecule has 1 fully saturated rings. The number of hydrogen-bond donors (Lipinski definition) is 2. The summed E-state index contributed by atoms with van der Waals surface area (Å²) in [6.07, 6.45) is 3.82. The first-order valence-electron chi connectivity index (χ1n) is 10.2. The van der Waals surface area contributed by atoms with Gasteiger partial charge in [-0.25, -0.2) is 4.79 Å². The average Bonchev–Trinajstić information content (AvgIpc) is 3.26. The molecule has 2 aromatic carbocycles. The van der Waals surface area contributed by atoms with E-state index in [1.54, 1.807) is 0 Å². The number of hydrogen-bond acceptors (Lipinski definition) is 5. The van der Waals surface area contributed by atoms with E-state index in [-0.39, 0.29) is 12.8 Å². The molecule has 0 bridgehead atoms. The molecule has 3 aromatic rings. The van der Waals surface area contributed by atoms with Crippen LogP contribution in [0.1, 0.15) is 12.8 Å². The lowest BCUT2D eigenvalue weighted by molar-refractivity contribution is 0.0671. The van der Waals surface area contributed by atoms with Crippen molar-refractivity contribution in [2.24, 2.45) is 5.92 Å². The van der Waals surface area contributed by atoms with Crippen molar-refractivity contribution in [1.29, 1.82) is 0 Å². The number of anilines is 1. The Morgan fingerprint density at radius 2 is 1.87 bits per heavy atom. The van der Waals surface area contributed by atoms with Gasteiger partial charge in [-0.05, 0) is 60.7 Å². The minimum atomic E-state index is -0.194. The van der Waals surface area contributed by atoms with Gasteiger partial charge in [0.15, 0.2) is 11.5 Å². The maximum Gasteiger partial charge on any atom is 0.319 e. The summed E-state index contributed by atoms with van der Waals surface area (Å²) in [5.74, 6) is 1.98. The van der Waals surface area contributed by atoms with Gasteiger partial charge in [0.05, 0.1) is 5.52 Å². The summed E-state index contributed by atoms with van der Waals surface area (Å²) in [7, 11) is 0. The molecule has 3 heterocycles. The van der Waals surface area contributed by atoms with Crippen LogP contribution in [0, 0.1) is 5.92 Å². The quantitative estimate of drug-likeness (QED) is 0.681. The predicted molar refractivity (Wildman–Crippen MR) is 114 cm³/mol. The van der Waals surface area contributed by atoms with Crippen LogP contribution in [0.5, 0.6) is 11.5 Å². The Kier molecular flexibility index (Phi) is 5.11. The Morgan fingerprint density at radius 3 is 2.77 bits per heavy atom. The van der Waals surface area contributed by atoms with E-state index in [4.69, 9.17) is 14.2 Å². The number of fused-ring (bicyclic) bond motifs is 2. The molecule has 1 aromatic heterocycles. The summed E-state index contributed by atoms with van der Waals surface area (Å²) < 4.78 is 16.2. The van der Waals surface area contributed by atoms with Gasteiger partial charge < -0.3 is 24.8 Å². The SMILES string of the molecule is O=C(NCC1CCOCC1)Nc1ccc2ncc(-c3ccc4c(c3)OCO4)cc2c1. The Hall–Kier alpha value is -3.32. The third kappa shape index (κ3) is 4.02. The first kappa shape index (κ1) is 18.7. The van der Waals surface area contributed by atoms with Crippen LogP contribution in [0.25, 0.3) is 22.0 Å². The summed E-state index contributed by atoms with van der Waals surface area (Å²) in [6, 6.07) is 13.4. The largest absolute Gasteiger partial charge is 0.454 e. The Bertz CT molecular complexity index is 1080. The second-order valence-corrected chi connectivity index (χ2v) is 7.59. The van der Waals surface area contributed by atoms with Gasteiger partial charge in [0, 0.05) is 42.6 Å². The highest BCUT2D eigenvalue weighted by atomic mass is 16.7. The number of pyridine rings is 1. The number of carbonyl (C=O) groups excluding carboxylic acids is 1. The van der Waals surface area contributed by atoms with Crippen LogP contribution in [0.3, 0.4) is 0 Å². The van der Waals surface area contributed by atoms with Crippen LogP contribution in [0.15, 0.2) is 48.7 Å². The van der Waals surface area contributed by atoms with Gasteiger partial charge >= 0.3 is 6.03 Å². The molecule has 2 aliphatic rings. The number of urea groups is 1. The summed E-state index contributed by atoms with van der Waals surface area (Å²) in [5.41, 5.74) is 3.58. The minimum absolute atomic E-state index is 0.194. The van der Waals surface area contributed by atoms with Crippen LogP contribution < -0.4 is 20.1 Å². The van der Waals surface area contributed by atoms with Crippen molar-refractivity contribution in [3.05, 3.63) is 48.7 Å². The molecule has 1 saturated heterocycles. The van der Waals surface area contributed by atoms with Gasteiger partial charge in [-0.15, -0.1) is 0 Å². The van der Waals surface area contributed by atoms with E-state index >= 15 is 0 Å². The molecular formula is C23H23N3O4. The predicted octanol–water partition coefficient (Wildman–Crippen LogP) is 4.18. The number of aromatic nitrogens is 1. The van der Waals surface area contributed by atoms with E-state index in [0.29, 0.717) is 12.5 Å². The van der Waals surface area contributed by atoms with Crippen LogP contribution in [-0.4, -0.2) is 37.6 Å². The highest BCUT2D eigenvalue weighted by molar-refractivity contribution is 5.93. The molecule has 0 unspecified atom stereocenters. The molecule has 7 heteroatoms. The third-order valence-electron chi connectivity index (χ3n) is 5.54. The third-order valence-corrected chi connectivity index (χ3v) is 5.54. The average molecular weight is 405 g/mol. The van der Waals surface area contributed by atoms with E-state index < -0.39 is 0 Å². The highest BCUT2D eigenvalue weighted by Crippen LogP contribution is 2.36. The molecule has 2 N–H and O–H groups in total. The van der Waals surface area contributed by atoms with Crippen LogP contribution in [-0.2, 0) is 4.74 Å². The summed E-state index contributed by atoms with van der Waals surface area (Å²) in [4.78, 5) is 16.8. The smallest absolute Gasteiger partial charge is 0.319 e. The fourth-order valence-electron chi connectivity index (χ4n) is 3.81. The second-order valence-electron chi connectivity index (χ2n) is 7.59. The number of nitrogens with one attached hydrogen (secondary N) is 2. The van der Waals surface area contributed by atoms with Gasteiger partial charge in [-0.2, -0.15) is 0 Å². The number of amides is 2. The van der Waals surface area contributed by atoms with Crippen molar-refractivity contribution in [3.63, 3.8) is 0 Å². The molecule has 2 aliphatic heterocycles. The molecule has 7 nitrogen and oxygen atoms in total. The molecule has 0 atom stereocenters. The molecule has 5 rings (SSSR count). The first-order chi connectivity index (χ1) is 14.7. The zero-order chi connectivity index (χ0) is 20.3. The molecule has 154 valence electrons. The van der Waals surface area contributed by atoms with E-state index in [2.05, 4.69) is 21.7 Å². The van der Waals surface area contributed by atoms with Gasteiger partial charge in [0.25, 0.3) is 0 Å². The van der Waals surface area contributed by atoms with Crippen molar-refractivity contribution in [2.45, 2.75) is 12.8 Å². The van der Waals surface area contributed by atoms with Crippen LogP contribution in [0.4, 0.5) is 10.5 Å². The first-order valence-corrected chi connectivity index (χ1v) is 10.2. The normalized spacial score (nSPS) is 15.9. The summed E-state index contributed by atoms with van der Waals surface area (Å²) in [6.45, 7) is 2.47. The zero-order valence-corrected chi connectivity index (χ0v) is 16.5. The maximum atomic E-state index is 12.3. The molecule has 30 heavy (non-hydrogen) atoms. The Labute approximate surface area is 174 Å². The van der Waals surface area contributed by atoms with E-state index in [1.165, 1.54) is 0 Å². The topological polar surface area (TPSA) is 81.7 Å². The fraction of sp³-hybridized carbons (Fsp3) is 0.304. The maximum absolute atomic E-state index is 12.3. The number of nitrogens with zero attached hydrogens (tertiary/aromatic N) is 1. The Balaban J connectivity index is 1.30.